The summed E-state index contributed by atoms with van der Waals surface area (Å²) in [6, 6.07) is 10.7. The molecular formula is C16H21N. The Kier molecular flexibility index (Phi) is 3.46. The number of nitrogens with zero attached hydrogens (tertiary/aromatic N) is 1. The predicted octanol–water partition coefficient (Wildman–Crippen LogP) is 4.70. The molecule has 90 valence electrons. The van der Waals surface area contributed by atoms with Crippen LogP contribution in [-0.4, -0.2) is 4.98 Å². The van der Waals surface area contributed by atoms with E-state index in [-0.39, 0.29) is 5.41 Å². The molecule has 0 aliphatic carbocycles. The number of hydrogen-bond acceptors (Lipinski definition) is 1. The van der Waals surface area contributed by atoms with Crippen LogP contribution in [0.2, 0.25) is 0 Å². The Hall–Kier alpha value is -1.37. The second-order valence-corrected chi connectivity index (χ2v) is 5.04. The van der Waals surface area contributed by atoms with Gasteiger partial charge in [0.1, 0.15) is 0 Å². The van der Waals surface area contributed by atoms with Gasteiger partial charge < -0.3 is 0 Å². The van der Waals surface area contributed by atoms with Gasteiger partial charge in [-0.25, -0.2) is 0 Å². The summed E-state index contributed by atoms with van der Waals surface area (Å²) >= 11 is 0. The van der Waals surface area contributed by atoms with Gasteiger partial charge in [-0.3, -0.25) is 4.98 Å². The Morgan fingerprint density at radius 3 is 2.59 bits per heavy atom. The van der Waals surface area contributed by atoms with Crippen LogP contribution in [0.5, 0.6) is 0 Å². The summed E-state index contributed by atoms with van der Waals surface area (Å²) in [5, 5.41) is 2.61. The minimum Gasteiger partial charge on any atom is -0.260 e. The highest BCUT2D eigenvalue weighted by atomic mass is 14.7. The number of pyridine rings is 1. The molecule has 0 bridgehead atoms. The molecule has 1 nitrogen and oxygen atoms in total. The summed E-state index contributed by atoms with van der Waals surface area (Å²) in [7, 11) is 0. The van der Waals surface area contributed by atoms with E-state index in [0.29, 0.717) is 0 Å². The van der Waals surface area contributed by atoms with E-state index in [1.54, 1.807) is 0 Å². The van der Waals surface area contributed by atoms with Crippen molar-refractivity contribution < 1.29 is 0 Å². The Labute approximate surface area is 104 Å². The van der Waals surface area contributed by atoms with Crippen molar-refractivity contribution >= 4 is 10.8 Å². The van der Waals surface area contributed by atoms with Crippen molar-refractivity contribution in [3.63, 3.8) is 0 Å². The quantitative estimate of drug-likeness (QED) is 0.737. The zero-order valence-corrected chi connectivity index (χ0v) is 11.0. The monoisotopic (exact) mass is 227 g/mol. The summed E-state index contributed by atoms with van der Waals surface area (Å²) in [6.45, 7) is 6.85. The van der Waals surface area contributed by atoms with Crippen LogP contribution in [0.1, 0.15) is 45.7 Å². The first-order chi connectivity index (χ1) is 8.21. The molecule has 0 saturated carbocycles. The van der Waals surface area contributed by atoms with Crippen molar-refractivity contribution in [2.75, 3.05) is 0 Å². The van der Waals surface area contributed by atoms with Crippen LogP contribution in [-0.2, 0) is 5.41 Å². The molecule has 2 rings (SSSR count). The average molecular weight is 227 g/mol. The summed E-state index contributed by atoms with van der Waals surface area (Å²) in [5.41, 5.74) is 1.47. The first kappa shape index (κ1) is 12.1. The highest BCUT2D eigenvalue weighted by molar-refractivity contribution is 5.85. The van der Waals surface area contributed by atoms with E-state index < -0.39 is 0 Å². The molecule has 17 heavy (non-hydrogen) atoms. The lowest BCUT2D eigenvalue weighted by molar-refractivity contribution is 0.406. The van der Waals surface area contributed by atoms with Gasteiger partial charge in [0.15, 0.2) is 0 Å². The second kappa shape index (κ2) is 4.87. The number of fused-ring (bicyclic) bond motifs is 1. The predicted molar refractivity (Wildman–Crippen MR) is 74.3 cm³/mol. The van der Waals surface area contributed by atoms with Crippen LogP contribution in [0.15, 0.2) is 36.5 Å². The second-order valence-electron chi connectivity index (χ2n) is 5.04. The molecule has 1 aromatic carbocycles. The smallest absolute Gasteiger partial charge is 0.0540 e. The molecule has 1 heterocycles. The summed E-state index contributed by atoms with van der Waals surface area (Å²) in [4.78, 5) is 4.67. The van der Waals surface area contributed by atoms with Crippen LogP contribution in [0, 0.1) is 0 Å². The maximum Gasteiger partial charge on any atom is 0.0540 e. The molecule has 0 saturated heterocycles. The van der Waals surface area contributed by atoms with Gasteiger partial charge in [0.2, 0.25) is 0 Å². The van der Waals surface area contributed by atoms with Crippen molar-refractivity contribution in [2.45, 2.75) is 45.4 Å². The lowest BCUT2D eigenvalue weighted by Gasteiger charge is -2.28. The first-order valence-corrected chi connectivity index (χ1v) is 6.55. The molecule has 0 aliphatic heterocycles. The van der Waals surface area contributed by atoms with Crippen molar-refractivity contribution in [1.82, 2.24) is 4.98 Å². The molecule has 0 amide bonds. The lowest BCUT2D eigenvalue weighted by atomic mass is 9.78. The standard InChI is InChI=1S/C16H21N/c1-4-11-16(3,5-2)15-14-9-7-6-8-13(14)10-12-17-15/h6-10,12H,4-5,11H2,1-3H3. The van der Waals surface area contributed by atoms with Crippen molar-refractivity contribution in [1.29, 1.82) is 0 Å². The van der Waals surface area contributed by atoms with Gasteiger partial charge in [0.25, 0.3) is 0 Å². The summed E-state index contributed by atoms with van der Waals surface area (Å²) in [6.07, 6.45) is 5.49. The Morgan fingerprint density at radius 1 is 1.12 bits per heavy atom. The first-order valence-electron chi connectivity index (χ1n) is 6.55. The lowest BCUT2D eigenvalue weighted by Crippen LogP contribution is -2.22. The molecule has 0 fully saturated rings. The molecule has 0 spiro atoms. The Bertz CT molecular complexity index is 498. The molecule has 1 heteroatoms. The van der Waals surface area contributed by atoms with E-state index >= 15 is 0 Å². The molecule has 2 aromatic rings. The van der Waals surface area contributed by atoms with Gasteiger partial charge in [0.05, 0.1) is 5.69 Å². The number of benzene rings is 1. The fourth-order valence-corrected chi connectivity index (χ4v) is 2.61. The van der Waals surface area contributed by atoms with Gasteiger partial charge in [-0.1, -0.05) is 51.5 Å². The summed E-state index contributed by atoms with van der Waals surface area (Å²) < 4.78 is 0. The Balaban J connectivity index is 2.61. The van der Waals surface area contributed by atoms with Crippen LogP contribution in [0.4, 0.5) is 0 Å². The molecule has 1 atom stereocenters. The Morgan fingerprint density at radius 2 is 1.88 bits per heavy atom. The third-order valence-electron chi connectivity index (χ3n) is 3.83. The normalized spacial score (nSPS) is 14.8. The van der Waals surface area contributed by atoms with E-state index in [1.165, 1.54) is 29.3 Å². The van der Waals surface area contributed by atoms with Crippen molar-refractivity contribution in [3.05, 3.63) is 42.2 Å². The summed E-state index contributed by atoms with van der Waals surface area (Å²) in [5.74, 6) is 0. The minimum absolute atomic E-state index is 0.204. The largest absolute Gasteiger partial charge is 0.260 e. The van der Waals surface area contributed by atoms with E-state index in [0.717, 1.165) is 6.42 Å². The van der Waals surface area contributed by atoms with E-state index in [4.69, 9.17) is 0 Å². The molecule has 0 N–H and O–H groups in total. The average Bonchev–Trinajstić information content (AvgIpc) is 2.38. The van der Waals surface area contributed by atoms with Crippen LogP contribution < -0.4 is 0 Å². The van der Waals surface area contributed by atoms with Gasteiger partial charge in [-0.15, -0.1) is 0 Å². The van der Waals surface area contributed by atoms with E-state index in [9.17, 15) is 0 Å². The van der Waals surface area contributed by atoms with Gasteiger partial charge >= 0.3 is 0 Å². The zero-order valence-electron chi connectivity index (χ0n) is 11.0. The topological polar surface area (TPSA) is 12.9 Å². The number of aromatic nitrogens is 1. The van der Waals surface area contributed by atoms with Crippen LogP contribution in [0.3, 0.4) is 0 Å². The van der Waals surface area contributed by atoms with E-state index in [1.807, 2.05) is 6.20 Å². The molecule has 0 radical (unpaired) electrons. The van der Waals surface area contributed by atoms with Gasteiger partial charge in [-0.05, 0) is 24.3 Å². The molecular weight excluding hydrogens is 206 g/mol. The van der Waals surface area contributed by atoms with Crippen LogP contribution >= 0.6 is 0 Å². The molecule has 1 unspecified atom stereocenters. The zero-order chi connectivity index (χ0) is 12.3. The fraction of sp³-hybridized carbons (Fsp3) is 0.438. The van der Waals surface area contributed by atoms with Gasteiger partial charge in [0, 0.05) is 17.0 Å². The van der Waals surface area contributed by atoms with Crippen molar-refractivity contribution in [3.8, 4) is 0 Å². The van der Waals surface area contributed by atoms with Crippen molar-refractivity contribution in [2.24, 2.45) is 0 Å². The molecule has 1 aromatic heterocycles. The number of rotatable bonds is 4. The SMILES string of the molecule is CCCC(C)(CC)c1nccc2ccccc12. The third kappa shape index (κ3) is 2.19. The molecule has 0 aliphatic rings. The third-order valence-corrected chi connectivity index (χ3v) is 3.83. The highest BCUT2D eigenvalue weighted by Gasteiger charge is 2.26. The maximum atomic E-state index is 4.67. The van der Waals surface area contributed by atoms with Crippen LogP contribution in [0.25, 0.3) is 10.8 Å². The van der Waals surface area contributed by atoms with E-state index in [2.05, 4.69) is 56.1 Å². The number of hydrogen-bond donors (Lipinski definition) is 0. The fourth-order valence-electron chi connectivity index (χ4n) is 2.61. The maximum absolute atomic E-state index is 4.67. The van der Waals surface area contributed by atoms with Gasteiger partial charge in [-0.2, -0.15) is 0 Å². The minimum atomic E-state index is 0.204. The highest BCUT2D eigenvalue weighted by Crippen LogP contribution is 2.35.